The van der Waals surface area contributed by atoms with Crippen molar-refractivity contribution in [1.82, 2.24) is 14.9 Å². The van der Waals surface area contributed by atoms with Crippen LogP contribution in [0.2, 0.25) is 0 Å². The summed E-state index contributed by atoms with van der Waals surface area (Å²) in [7, 11) is 0. The monoisotopic (exact) mass is 357 g/mol. The molecule has 1 aromatic heterocycles. The van der Waals surface area contributed by atoms with Crippen LogP contribution in [-0.4, -0.2) is 46.2 Å². The van der Waals surface area contributed by atoms with Crippen molar-refractivity contribution < 1.29 is 9.53 Å². The summed E-state index contributed by atoms with van der Waals surface area (Å²) in [6, 6.07) is 7.67. The molecule has 0 bridgehead atoms. The highest BCUT2D eigenvalue weighted by molar-refractivity contribution is 5.79. The van der Waals surface area contributed by atoms with E-state index in [4.69, 9.17) is 10.5 Å². The average Bonchev–Trinajstić information content (AvgIpc) is 2.59. The van der Waals surface area contributed by atoms with Crippen molar-refractivity contribution in [3.8, 4) is 0 Å². The van der Waals surface area contributed by atoms with Crippen LogP contribution in [0.4, 0.5) is 16.4 Å². The maximum Gasteiger partial charge on any atom is 0.410 e. The molecule has 2 heterocycles. The number of nitrogens with two attached hydrogens (primary N) is 1. The number of para-hydroxylation sites is 2. The first-order valence-corrected chi connectivity index (χ1v) is 9.06. The summed E-state index contributed by atoms with van der Waals surface area (Å²) in [6.45, 7) is 7.84. The fourth-order valence-corrected chi connectivity index (χ4v) is 3.03. The molecular weight excluding hydrogens is 330 g/mol. The number of anilines is 2. The van der Waals surface area contributed by atoms with Crippen molar-refractivity contribution >= 4 is 28.8 Å². The van der Waals surface area contributed by atoms with Gasteiger partial charge in [0.05, 0.1) is 11.0 Å². The molecule has 140 valence electrons. The Bertz CT molecular complexity index is 779. The minimum atomic E-state index is -0.457. The summed E-state index contributed by atoms with van der Waals surface area (Å²) < 4.78 is 5.43. The van der Waals surface area contributed by atoms with E-state index in [0.29, 0.717) is 30.6 Å². The second-order valence-electron chi connectivity index (χ2n) is 7.74. The number of carbonyl (C=O) groups excluding carboxylic acids is 1. The maximum absolute atomic E-state index is 12.1. The van der Waals surface area contributed by atoms with Gasteiger partial charge in [-0.05, 0) is 51.7 Å². The number of aromatic nitrogens is 2. The third-order valence-electron chi connectivity index (χ3n) is 4.42. The van der Waals surface area contributed by atoms with Crippen molar-refractivity contribution in [3.05, 3.63) is 24.3 Å². The number of hydrogen-bond acceptors (Lipinski definition) is 6. The molecule has 1 aromatic carbocycles. The van der Waals surface area contributed by atoms with E-state index >= 15 is 0 Å². The first kappa shape index (κ1) is 18.2. The standard InChI is InChI=1S/C19H27N5O2/c1-19(2,3)26-18(25)24-10-8-13(9-11-24)12-21-17-16(20)22-14-6-4-5-7-15(14)23-17/h4-7,13H,8-12H2,1-3H3,(H2,20,22)(H,21,23). The normalized spacial score (nSPS) is 15.9. The van der Waals surface area contributed by atoms with E-state index in [1.54, 1.807) is 4.90 Å². The molecule has 0 aliphatic carbocycles. The van der Waals surface area contributed by atoms with E-state index in [1.165, 1.54) is 0 Å². The van der Waals surface area contributed by atoms with Gasteiger partial charge in [-0.1, -0.05) is 12.1 Å². The predicted molar refractivity (Wildman–Crippen MR) is 103 cm³/mol. The van der Waals surface area contributed by atoms with Crippen LogP contribution < -0.4 is 11.1 Å². The van der Waals surface area contributed by atoms with Gasteiger partial charge in [0.1, 0.15) is 5.60 Å². The van der Waals surface area contributed by atoms with Gasteiger partial charge in [0.25, 0.3) is 0 Å². The van der Waals surface area contributed by atoms with Crippen LogP contribution in [0.1, 0.15) is 33.6 Å². The van der Waals surface area contributed by atoms with Gasteiger partial charge in [-0.3, -0.25) is 0 Å². The van der Waals surface area contributed by atoms with E-state index in [0.717, 1.165) is 30.4 Å². The Labute approximate surface area is 153 Å². The van der Waals surface area contributed by atoms with Crippen LogP contribution >= 0.6 is 0 Å². The van der Waals surface area contributed by atoms with Crippen molar-refractivity contribution in [2.24, 2.45) is 5.92 Å². The van der Waals surface area contributed by atoms with Crippen LogP contribution in [0.3, 0.4) is 0 Å². The maximum atomic E-state index is 12.1. The molecule has 7 nitrogen and oxygen atoms in total. The number of hydrogen-bond donors (Lipinski definition) is 2. The number of carbonyl (C=O) groups is 1. The lowest BCUT2D eigenvalue weighted by Crippen LogP contribution is -2.42. The molecule has 1 saturated heterocycles. The largest absolute Gasteiger partial charge is 0.444 e. The Hall–Kier alpha value is -2.57. The van der Waals surface area contributed by atoms with Crippen molar-refractivity contribution in [1.29, 1.82) is 0 Å². The molecule has 1 fully saturated rings. The van der Waals surface area contributed by atoms with Crippen LogP contribution in [0, 0.1) is 5.92 Å². The number of benzene rings is 1. The highest BCUT2D eigenvalue weighted by atomic mass is 16.6. The molecule has 1 aliphatic rings. The van der Waals surface area contributed by atoms with E-state index in [1.807, 2.05) is 45.0 Å². The SMILES string of the molecule is CC(C)(C)OC(=O)N1CCC(CNc2nc3ccccc3nc2N)CC1. The number of amides is 1. The van der Waals surface area contributed by atoms with Crippen molar-refractivity contribution in [2.75, 3.05) is 30.7 Å². The molecule has 0 atom stereocenters. The zero-order valence-corrected chi connectivity index (χ0v) is 15.7. The molecule has 0 radical (unpaired) electrons. The highest BCUT2D eigenvalue weighted by Crippen LogP contribution is 2.22. The van der Waals surface area contributed by atoms with Crippen LogP contribution in [0.15, 0.2) is 24.3 Å². The van der Waals surface area contributed by atoms with Gasteiger partial charge in [-0.25, -0.2) is 14.8 Å². The lowest BCUT2D eigenvalue weighted by Gasteiger charge is -2.33. The van der Waals surface area contributed by atoms with Crippen LogP contribution in [0.25, 0.3) is 11.0 Å². The molecule has 2 aromatic rings. The van der Waals surface area contributed by atoms with Gasteiger partial charge in [0, 0.05) is 19.6 Å². The minimum Gasteiger partial charge on any atom is -0.444 e. The first-order chi connectivity index (χ1) is 12.3. The number of nitrogens with zero attached hydrogens (tertiary/aromatic N) is 3. The van der Waals surface area contributed by atoms with Crippen molar-refractivity contribution in [2.45, 2.75) is 39.2 Å². The Morgan fingerprint density at radius 3 is 2.46 bits per heavy atom. The topological polar surface area (TPSA) is 93.4 Å². The zero-order valence-electron chi connectivity index (χ0n) is 15.7. The molecule has 3 rings (SSSR count). The number of ether oxygens (including phenoxy) is 1. The summed E-state index contributed by atoms with van der Waals surface area (Å²) in [5, 5.41) is 3.32. The van der Waals surface area contributed by atoms with Gasteiger partial charge in [-0.2, -0.15) is 0 Å². The summed E-state index contributed by atoms with van der Waals surface area (Å²) in [6.07, 6.45) is 1.62. The van der Waals surface area contributed by atoms with Crippen molar-refractivity contribution in [3.63, 3.8) is 0 Å². The Morgan fingerprint density at radius 1 is 1.23 bits per heavy atom. The Kier molecular flexibility index (Phi) is 5.15. The van der Waals surface area contributed by atoms with Gasteiger partial charge in [0.2, 0.25) is 0 Å². The summed E-state index contributed by atoms with van der Waals surface area (Å²) in [5.41, 5.74) is 7.18. The summed E-state index contributed by atoms with van der Waals surface area (Å²) in [5.74, 6) is 1.49. The molecule has 0 unspecified atom stereocenters. The lowest BCUT2D eigenvalue weighted by molar-refractivity contribution is 0.0188. The number of fused-ring (bicyclic) bond motifs is 1. The predicted octanol–water partition coefficient (Wildman–Crippen LogP) is 3.27. The van der Waals surface area contributed by atoms with Gasteiger partial charge in [0.15, 0.2) is 11.6 Å². The first-order valence-electron chi connectivity index (χ1n) is 9.06. The zero-order chi connectivity index (χ0) is 18.7. The molecule has 1 amide bonds. The molecule has 1 aliphatic heterocycles. The number of likely N-dealkylation sites (tertiary alicyclic amines) is 1. The van der Waals surface area contributed by atoms with E-state index in [-0.39, 0.29) is 6.09 Å². The highest BCUT2D eigenvalue weighted by Gasteiger charge is 2.26. The minimum absolute atomic E-state index is 0.228. The summed E-state index contributed by atoms with van der Waals surface area (Å²) >= 11 is 0. The third-order valence-corrected chi connectivity index (χ3v) is 4.42. The second kappa shape index (κ2) is 7.35. The summed E-state index contributed by atoms with van der Waals surface area (Å²) in [4.78, 5) is 22.9. The molecule has 3 N–H and O–H groups in total. The third kappa shape index (κ3) is 4.53. The molecule has 0 spiro atoms. The fourth-order valence-electron chi connectivity index (χ4n) is 3.03. The smallest absolute Gasteiger partial charge is 0.410 e. The fraction of sp³-hybridized carbons (Fsp3) is 0.526. The quantitative estimate of drug-likeness (QED) is 0.876. The van der Waals surface area contributed by atoms with Crippen LogP contribution in [0.5, 0.6) is 0 Å². The molecule has 26 heavy (non-hydrogen) atoms. The molecule has 0 saturated carbocycles. The van der Waals surface area contributed by atoms with Crippen LogP contribution in [-0.2, 0) is 4.74 Å². The van der Waals surface area contributed by atoms with E-state index in [9.17, 15) is 4.79 Å². The van der Waals surface area contributed by atoms with E-state index in [2.05, 4.69) is 15.3 Å². The number of nitrogens with one attached hydrogen (secondary N) is 1. The number of piperidine rings is 1. The van der Waals surface area contributed by atoms with Gasteiger partial charge >= 0.3 is 6.09 Å². The average molecular weight is 357 g/mol. The molecule has 7 heteroatoms. The second-order valence-corrected chi connectivity index (χ2v) is 7.74. The van der Waals surface area contributed by atoms with Gasteiger partial charge in [-0.15, -0.1) is 0 Å². The lowest BCUT2D eigenvalue weighted by atomic mass is 9.97. The van der Waals surface area contributed by atoms with E-state index < -0.39 is 5.60 Å². The number of rotatable bonds is 3. The Balaban J connectivity index is 1.53. The molecular formula is C19H27N5O2. The number of nitrogen functional groups attached to an aromatic ring is 1. The van der Waals surface area contributed by atoms with Gasteiger partial charge < -0.3 is 20.7 Å². The Morgan fingerprint density at radius 2 is 1.85 bits per heavy atom.